The van der Waals surface area contributed by atoms with E-state index in [-0.39, 0.29) is 6.42 Å². The fraction of sp³-hybridized carbons (Fsp3) is 0.250. The largest absolute Gasteiger partial charge is 0.480 e. The van der Waals surface area contributed by atoms with Gasteiger partial charge in [0.2, 0.25) is 0 Å². The summed E-state index contributed by atoms with van der Waals surface area (Å²) < 4.78 is 0. The van der Waals surface area contributed by atoms with E-state index in [1.54, 1.807) is 0 Å². The van der Waals surface area contributed by atoms with Crippen molar-refractivity contribution in [3.8, 4) is 0 Å². The zero-order valence-corrected chi connectivity index (χ0v) is 9.90. The molecule has 1 aliphatic carbocycles. The van der Waals surface area contributed by atoms with E-state index in [0.717, 1.165) is 0 Å². The van der Waals surface area contributed by atoms with E-state index in [9.17, 15) is 14.4 Å². The van der Waals surface area contributed by atoms with Crippen LogP contribution in [-0.4, -0.2) is 27.9 Å². The van der Waals surface area contributed by atoms with Crippen LogP contribution in [0.15, 0.2) is 18.2 Å². The number of fused-ring (bicyclic) bond motifs is 1. The number of hydrogen-bond acceptors (Lipinski definition) is 3. The molecule has 0 radical (unpaired) electrons. The molecule has 0 saturated carbocycles. The van der Waals surface area contributed by atoms with E-state index in [1.165, 1.54) is 18.2 Å². The second kappa shape index (κ2) is 4.10. The van der Waals surface area contributed by atoms with Gasteiger partial charge < -0.3 is 10.2 Å². The van der Waals surface area contributed by atoms with Crippen molar-refractivity contribution < 1.29 is 24.6 Å². The SMILES string of the molecule is O=C1CC(C(=O)O)(C(=O)O)Cc2ccc(Cl)cc21. The molecule has 6 heteroatoms. The molecule has 18 heavy (non-hydrogen) atoms. The average Bonchev–Trinajstić information content (AvgIpc) is 2.29. The minimum atomic E-state index is -2.07. The van der Waals surface area contributed by atoms with Crippen LogP contribution in [0.5, 0.6) is 0 Å². The molecular formula is C12H9ClO5. The Morgan fingerprint density at radius 2 is 1.78 bits per heavy atom. The van der Waals surface area contributed by atoms with Gasteiger partial charge in [-0.1, -0.05) is 17.7 Å². The Balaban J connectivity index is 2.56. The molecule has 0 aliphatic heterocycles. The van der Waals surface area contributed by atoms with Gasteiger partial charge in [-0.3, -0.25) is 14.4 Å². The number of aliphatic carboxylic acids is 2. The maximum atomic E-state index is 11.9. The van der Waals surface area contributed by atoms with Crippen molar-refractivity contribution >= 4 is 29.3 Å². The average molecular weight is 269 g/mol. The van der Waals surface area contributed by atoms with Gasteiger partial charge in [0.15, 0.2) is 11.2 Å². The number of carboxylic acids is 2. The lowest BCUT2D eigenvalue weighted by Crippen LogP contribution is -2.45. The van der Waals surface area contributed by atoms with Gasteiger partial charge in [-0.25, -0.2) is 0 Å². The Kier molecular flexibility index (Phi) is 2.86. The molecule has 2 N–H and O–H groups in total. The number of hydrogen-bond donors (Lipinski definition) is 2. The number of ketones is 1. The predicted octanol–water partition coefficient (Wildman–Crippen LogP) is 1.62. The Morgan fingerprint density at radius 3 is 2.33 bits per heavy atom. The van der Waals surface area contributed by atoms with Crippen molar-refractivity contribution in [3.05, 3.63) is 34.3 Å². The number of Topliss-reactive ketones (excluding diaryl/α,β-unsaturated/α-hetero) is 1. The first-order chi connectivity index (χ1) is 8.36. The van der Waals surface area contributed by atoms with Crippen LogP contribution in [0.25, 0.3) is 0 Å². The molecule has 94 valence electrons. The van der Waals surface area contributed by atoms with Gasteiger partial charge >= 0.3 is 11.9 Å². The fourth-order valence-electron chi connectivity index (χ4n) is 2.11. The Labute approximate surface area is 107 Å². The smallest absolute Gasteiger partial charge is 0.321 e. The molecule has 5 nitrogen and oxygen atoms in total. The Bertz CT molecular complexity index is 550. The van der Waals surface area contributed by atoms with Gasteiger partial charge in [0.25, 0.3) is 0 Å². The summed E-state index contributed by atoms with van der Waals surface area (Å²) in [5.41, 5.74) is -1.36. The van der Waals surface area contributed by atoms with Crippen molar-refractivity contribution in [2.75, 3.05) is 0 Å². The Morgan fingerprint density at radius 1 is 1.17 bits per heavy atom. The lowest BCUT2D eigenvalue weighted by molar-refractivity contribution is -0.164. The lowest BCUT2D eigenvalue weighted by Gasteiger charge is -2.29. The number of rotatable bonds is 2. The van der Waals surface area contributed by atoms with E-state index < -0.39 is 29.6 Å². The van der Waals surface area contributed by atoms with Crippen LogP contribution in [0.1, 0.15) is 22.3 Å². The van der Waals surface area contributed by atoms with E-state index in [4.69, 9.17) is 21.8 Å². The third kappa shape index (κ3) is 1.76. The van der Waals surface area contributed by atoms with Gasteiger partial charge in [0.1, 0.15) is 0 Å². The van der Waals surface area contributed by atoms with Crippen LogP contribution in [0.2, 0.25) is 5.02 Å². The highest BCUT2D eigenvalue weighted by atomic mass is 35.5. The van der Waals surface area contributed by atoms with Crippen molar-refractivity contribution in [2.24, 2.45) is 5.41 Å². The summed E-state index contributed by atoms with van der Waals surface area (Å²) in [6, 6.07) is 4.44. The monoisotopic (exact) mass is 268 g/mol. The minimum Gasteiger partial charge on any atom is -0.480 e. The fourth-order valence-corrected chi connectivity index (χ4v) is 2.29. The van der Waals surface area contributed by atoms with Crippen LogP contribution in [-0.2, 0) is 16.0 Å². The predicted molar refractivity (Wildman–Crippen MR) is 61.8 cm³/mol. The van der Waals surface area contributed by atoms with Gasteiger partial charge in [0, 0.05) is 23.4 Å². The lowest BCUT2D eigenvalue weighted by atomic mass is 9.71. The molecule has 0 fully saturated rings. The summed E-state index contributed by atoms with van der Waals surface area (Å²) in [5, 5.41) is 18.6. The number of carbonyl (C=O) groups excluding carboxylic acids is 1. The number of carboxylic acid groups (broad SMARTS) is 2. The molecule has 0 aromatic heterocycles. The summed E-state index contributed by atoms with van der Waals surface area (Å²) in [4.78, 5) is 34.2. The molecule has 0 amide bonds. The van der Waals surface area contributed by atoms with E-state index >= 15 is 0 Å². The molecule has 0 spiro atoms. The molecule has 1 aromatic rings. The van der Waals surface area contributed by atoms with Crippen LogP contribution in [0, 0.1) is 5.41 Å². The van der Waals surface area contributed by atoms with Gasteiger partial charge in [-0.05, 0) is 17.7 Å². The summed E-state index contributed by atoms with van der Waals surface area (Å²) >= 11 is 5.75. The molecule has 0 heterocycles. The van der Waals surface area contributed by atoms with Crippen molar-refractivity contribution in [3.63, 3.8) is 0 Å². The number of halogens is 1. The number of carbonyl (C=O) groups is 3. The summed E-state index contributed by atoms with van der Waals surface area (Å²) in [6.07, 6.45) is -0.763. The zero-order chi connectivity index (χ0) is 13.5. The summed E-state index contributed by atoms with van der Waals surface area (Å²) in [7, 11) is 0. The molecule has 0 unspecified atom stereocenters. The molecule has 0 atom stereocenters. The van der Waals surface area contributed by atoms with Crippen LogP contribution in [0.4, 0.5) is 0 Å². The standard InChI is InChI=1S/C12H9ClO5/c13-7-2-1-6-4-12(10(15)16,11(17)18)5-9(14)8(6)3-7/h1-3H,4-5H2,(H,15,16)(H,17,18). The molecular weight excluding hydrogens is 260 g/mol. The third-order valence-corrected chi connectivity index (χ3v) is 3.38. The normalized spacial score (nSPS) is 17.1. The highest BCUT2D eigenvalue weighted by Crippen LogP contribution is 2.37. The highest BCUT2D eigenvalue weighted by molar-refractivity contribution is 6.31. The maximum absolute atomic E-state index is 11.9. The third-order valence-electron chi connectivity index (χ3n) is 3.15. The van der Waals surface area contributed by atoms with Crippen LogP contribution >= 0.6 is 11.6 Å². The maximum Gasteiger partial charge on any atom is 0.321 e. The Hall–Kier alpha value is -1.88. The first-order valence-corrected chi connectivity index (χ1v) is 5.53. The van der Waals surface area contributed by atoms with Crippen molar-refractivity contribution in [2.45, 2.75) is 12.8 Å². The molecule has 1 aliphatic rings. The van der Waals surface area contributed by atoms with E-state index in [2.05, 4.69) is 0 Å². The quantitative estimate of drug-likeness (QED) is 0.795. The first kappa shape index (κ1) is 12.6. The second-order valence-corrected chi connectivity index (χ2v) is 4.71. The summed E-state index contributed by atoms with van der Waals surface area (Å²) in [5.74, 6) is -3.50. The van der Waals surface area contributed by atoms with E-state index in [0.29, 0.717) is 16.1 Å². The molecule has 2 rings (SSSR count). The van der Waals surface area contributed by atoms with Crippen molar-refractivity contribution in [1.29, 1.82) is 0 Å². The highest BCUT2D eigenvalue weighted by Gasteiger charge is 2.51. The van der Waals surface area contributed by atoms with Crippen LogP contribution in [0.3, 0.4) is 0 Å². The topological polar surface area (TPSA) is 91.7 Å². The van der Waals surface area contributed by atoms with Gasteiger partial charge in [-0.2, -0.15) is 0 Å². The second-order valence-electron chi connectivity index (χ2n) is 4.27. The molecule has 0 bridgehead atoms. The minimum absolute atomic E-state index is 0.212. The summed E-state index contributed by atoms with van der Waals surface area (Å²) in [6.45, 7) is 0. The molecule has 1 aromatic carbocycles. The number of benzene rings is 1. The van der Waals surface area contributed by atoms with E-state index in [1.807, 2.05) is 0 Å². The molecule has 0 saturated heterocycles. The first-order valence-electron chi connectivity index (χ1n) is 5.15. The van der Waals surface area contributed by atoms with Gasteiger partial charge in [0.05, 0.1) is 0 Å². The van der Waals surface area contributed by atoms with Crippen LogP contribution < -0.4 is 0 Å². The zero-order valence-electron chi connectivity index (χ0n) is 9.14. The van der Waals surface area contributed by atoms with Crippen molar-refractivity contribution in [1.82, 2.24) is 0 Å². The van der Waals surface area contributed by atoms with Gasteiger partial charge in [-0.15, -0.1) is 0 Å².